The Bertz CT molecular complexity index is 1340. The molecule has 3 rings (SSSR count). The summed E-state index contributed by atoms with van der Waals surface area (Å²) in [6, 6.07) is 9.21. The fourth-order valence-corrected chi connectivity index (χ4v) is 4.39. The summed E-state index contributed by atoms with van der Waals surface area (Å²) >= 11 is 0. The van der Waals surface area contributed by atoms with Crippen LogP contribution in [0.15, 0.2) is 54.7 Å². The molecule has 0 saturated carbocycles. The molecule has 0 radical (unpaired) electrons. The molecule has 4 atom stereocenters. The zero-order valence-electron chi connectivity index (χ0n) is 22.9. The highest BCUT2D eigenvalue weighted by atomic mass is 16.4. The van der Waals surface area contributed by atoms with E-state index in [-0.39, 0.29) is 18.6 Å². The van der Waals surface area contributed by atoms with Gasteiger partial charge in [0.15, 0.2) is 0 Å². The Kier molecular flexibility index (Phi) is 11.2. The summed E-state index contributed by atoms with van der Waals surface area (Å²) in [5.41, 5.74) is 13.6. The lowest BCUT2D eigenvalue weighted by molar-refractivity contribution is -0.142. The number of H-pyrrole nitrogens is 1. The standard InChI is InChI=1S/C29H38N6O6/c1-17(33-27(38)22(31)7-4-5-13-30)26(37)34-24(14-18-9-11-20(36)12-10-18)28(39)35-25(29(40)41)15-19-16-32-23-8-3-2-6-21(19)23/h2-3,6,8-12,16-17,22,24-25,32,36H,4-5,7,13-15,30-31H2,1H3,(H,33,38)(H,34,37)(H,35,39)(H,40,41). The maximum atomic E-state index is 13.4. The molecule has 0 spiro atoms. The van der Waals surface area contributed by atoms with Crippen LogP contribution in [-0.2, 0) is 32.0 Å². The number of nitrogens with one attached hydrogen (secondary N) is 4. The summed E-state index contributed by atoms with van der Waals surface area (Å²) in [6.45, 7) is 1.95. The second kappa shape index (κ2) is 14.8. The van der Waals surface area contributed by atoms with Gasteiger partial charge in [-0.1, -0.05) is 36.8 Å². The fraction of sp³-hybridized carbons (Fsp3) is 0.379. The molecule has 10 N–H and O–H groups in total. The number of unbranched alkanes of at least 4 members (excludes halogenated alkanes) is 1. The number of rotatable bonds is 15. The van der Waals surface area contributed by atoms with Crippen molar-refractivity contribution in [3.63, 3.8) is 0 Å². The zero-order chi connectivity index (χ0) is 29.9. The smallest absolute Gasteiger partial charge is 0.326 e. The quantitative estimate of drug-likeness (QED) is 0.122. The number of hydrogen-bond donors (Lipinski definition) is 8. The highest BCUT2D eigenvalue weighted by Gasteiger charge is 2.29. The van der Waals surface area contributed by atoms with E-state index in [9.17, 15) is 29.4 Å². The number of carboxylic acid groups (broad SMARTS) is 1. The number of aromatic hydroxyl groups is 1. The van der Waals surface area contributed by atoms with Crippen LogP contribution < -0.4 is 27.4 Å². The van der Waals surface area contributed by atoms with E-state index in [0.717, 1.165) is 17.3 Å². The Balaban J connectivity index is 1.72. The number of carbonyl (C=O) groups is 4. The Hall–Kier alpha value is -4.42. The van der Waals surface area contributed by atoms with Gasteiger partial charge in [0.2, 0.25) is 17.7 Å². The van der Waals surface area contributed by atoms with Gasteiger partial charge >= 0.3 is 5.97 Å². The summed E-state index contributed by atoms with van der Waals surface area (Å²) in [6.07, 6.45) is 3.53. The first-order chi connectivity index (χ1) is 19.6. The molecule has 0 bridgehead atoms. The predicted molar refractivity (Wildman–Crippen MR) is 154 cm³/mol. The van der Waals surface area contributed by atoms with Crippen molar-refractivity contribution in [3.05, 3.63) is 65.9 Å². The molecule has 0 aliphatic heterocycles. The molecular formula is C29H38N6O6. The SMILES string of the molecule is CC(NC(=O)C(N)CCCCN)C(=O)NC(Cc1ccc(O)cc1)C(=O)NC(Cc1c[nH]c2ccccc12)C(=O)O. The topological polar surface area (TPSA) is 213 Å². The minimum absolute atomic E-state index is 0.0105. The van der Waals surface area contributed by atoms with Crippen molar-refractivity contribution in [2.75, 3.05) is 6.54 Å². The lowest BCUT2D eigenvalue weighted by Crippen LogP contribution is -2.57. The molecule has 0 fully saturated rings. The second-order valence-electron chi connectivity index (χ2n) is 10.0. The predicted octanol–water partition coefficient (Wildman–Crippen LogP) is 0.674. The number of carbonyl (C=O) groups excluding carboxylic acids is 3. The van der Waals surface area contributed by atoms with Gasteiger partial charge in [-0.2, -0.15) is 0 Å². The number of benzene rings is 2. The first-order valence-electron chi connectivity index (χ1n) is 13.5. The van der Waals surface area contributed by atoms with Gasteiger partial charge < -0.3 is 42.6 Å². The van der Waals surface area contributed by atoms with Crippen molar-refractivity contribution in [3.8, 4) is 5.75 Å². The number of hydrogen-bond acceptors (Lipinski definition) is 7. The van der Waals surface area contributed by atoms with Crippen LogP contribution in [0.1, 0.15) is 37.3 Å². The average molecular weight is 567 g/mol. The van der Waals surface area contributed by atoms with Crippen LogP contribution in [0.25, 0.3) is 10.9 Å². The number of fused-ring (bicyclic) bond motifs is 1. The van der Waals surface area contributed by atoms with E-state index in [4.69, 9.17) is 11.5 Å². The van der Waals surface area contributed by atoms with E-state index in [1.165, 1.54) is 19.1 Å². The molecule has 4 unspecified atom stereocenters. The van der Waals surface area contributed by atoms with Gasteiger partial charge in [-0.25, -0.2) is 4.79 Å². The van der Waals surface area contributed by atoms with Gasteiger partial charge in [-0.3, -0.25) is 14.4 Å². The molecule has 12 heteroatoms. The van der Waals surface area contributed by atoms with Gasteiger partial charge in [-0.05, 0) is 55.6 Å². The summed E-state index contributed by atoms with van der Waals surface area (Å²) < 4.78 is 0. The number of phenols is 1. The van der Waals surface area contributed by atoms with Gasteiger partial charge in [0.1, 0.15) is 23.9 Å². The van der Waals surface area contributed by atoms with Crippen LogP contribution in [0.4, 0.5) is 0 Å². The van der Waals surface area contributed by atoms with Crippen molar-refractivity contribution in [2.45, 2.75) is 63.2 Å². The summed E-state index contributed by atoms with van der Waals surface area (Å²) in [4.78, 5) is 54.1. The first kappa shape index (κ1) is 31.1. The lowest BCUT2D eigenvalue weighted by atomic mass is 10.0. The van der Waals surface area contributed by atoms with E-state index >= 15 is 0 Å². The Morgan fingerprint density at radius 3 is 2.24 bits per heavy atom. The number of carboxylic acids is 1. The molecule has 0 aliphatic rings. The minimum Gasteiger partial charge on any atom is -0.508 e. The van der Waals surface area contributed by atoms with Gasteiger partial charge in [-0.15, -0.1) is 0 Å². The van der Waals surface area contributed by atoms with E-state index in [2.05, 4.69) is 20.9 Å². The maximum Gasteiger partial charge on any atom is 0.326 e. The third kappa shape index (κ3) is 9.05. The third-order valence-corrected chi connectivity index (χ3v) is 6.78. The lowest BCUT2D eigenvalue weighted by Gasteiger charge is -2.24. The number of amides is 3. The van der Waals surface area contributed by atoms with E-state index < -0.39 is 47.9 Å². The van der Waals surface area contributed by atoms with Gasteiger partial charge in [0.25, 0.3) is 0 Å². The van der Waals surface area contributed by atoms with Crippen LogP contribution in [0.5, 0.6) is 5.75 Å². The van der Waals surface area contributed by atoms with E-state index in [1.807, 2.05) is 24.3 Å². The van der Waals surface area contributed by atoms with E-state index in [0.29, 0.717) is 30.5 Å². The van der Waals surface area contributed by atoms with Gasteiger partial charge in [0, 0.05) is 29.9 Å². The van der Waals surface area contributed by atoms with Crippen LogP contribution in [0, 0.1) is 0 Å². The van der Waals surface area contributed by atoms with Crippen LogP contribution in [0.2, 0.25) is 0 Å². The first-order valence-corrected chi connectivity index (χ1v) is 13.5. The highest BCUT2D eigenvalue weighted by molar-refractivity contribution is 5.94. The van der Waals surface area contributed by atoms with Crippen molar-refractivity contribution < 1.29 is 29.4 Å². The number of phenolic OH excluding ortho intramolecular Hbond substituents is 1. The average Bonchev–Trinajstić information content (AvgIpc) is 3.36. The summed E-state index contributed by atoms with van der Waals surface area (Å²) in [5.74, 6) is -3.07. The number of aromatic nitrogens is 1. The molecule has 12 nitrogen and oxygen atoms in total. The maximum absolute atomic E-state index is 13.4. The van der Waals surface area contributed by atoms with Crippen molar-refractivity contribution >= 4 is 34.6 Å². The second-order valence-corrected chi connectivity index (χ2v) is 10.0. The summed E-state index contributed by atoms with van der Waals surface area (Å²) in [7, 11) is 0. The summed E-state index contributed by atoms with van der Waals surface area (Å²) in [5, 5.41) is 28.1. The molecule has 41 heavy (non-hydrogen) atoms. The molecule has 220 valence electrons. The number of para-hydroxylation sites is 1. The van der Waals surface area contributed by atoms with Crippen molar-refractivity contribution in [1.82, 2.24) is 20.9 Å². The van der Waals surface area contributed by atoms with E-state index in [1.54, 1.807) is 18.3 Å². The Labute approximate surface area is 237 Å². The zero-order valence-corrected chi connectivity index (χ0v) is 22.9. The van der Waals surface area contributed by atoms with Crippen LogP contribution in [0.3, 0.4) is 0 Å². The van der Waals surface area contributed by atoms with Crippen molar-refractivity contribution in [2.24, 2.45) is 11.5 Å². The highest BCUT2D eigenvalue weighted by Crippen LogP contribution is 2.19. The monoisotopic (exact) mass is 566 g/mol. The largest absolute Gasteiger partial charge is 0.508 e. The third-order valence-electron chi connectivity index (χ3n) is 6.78. The molecule has 1 aromatic heterocycles. The Morgan fingerprint density at radius 1 is 0.878 bits per heavy atom. The minimum atomic E-state index is -1.27. The molecule has 0 aliphatic carbocycles. The van der Waals surface area contributed by atoms with Crippen LogP contribution in [-0.4, -0.2) is 69.6 Å². The molecular weight excluding hydrogens is 528 g/mol. The Morgan fingerprint density at radius 2 is 1.56 bits per heavy atom. The van der Waals surface area contributed by atoms with Crippen LogP contribution >= 0.6 is 0 Å². The molecule has 3 aromatic rings. The van der Waals surface area contributed by atoms with Crippen molar-refractivity contribution in [1.29, 1.82) is 0 Å². The number of aliphatic carboxylic acids is 1. The number of nitrogens with two attached hydrogens (primary N) is 2. The molecule has 3 amide bonds. The molecule has 2 aromatic carbocycles. The fourth-order valence-electron chi connectivity index (χ4n) is 4.39. The molecule has 1 heterocycles. The van der Waals surface area contributed by atoms with Gasteiger partial charge in [0.05, 0.1) is 6.04 Å². The normalized spacial score (nSPS) is 14.0. The molecule has 0 saturated heterocycles. The number of aromatic amines is 1.